The minimum absolute atomic E-state index is 0.231. The van der Waals surface area contributed by atoms with Gasteiger partial charge in [0.25, 0.3) is 0 Å². The number of fused-ring (bicyclic) bond motifs is 9. The van der Waals surface area contributed by atoms with Crippen molar-refractivity contribution in [1.29, 1.82) is 0 Å². The SMILES string of the molecule is Cc1cc(C)cc(N(c2ccc3cc4c(cc3c2)C(C)(C)c2c-4c3ccccc3c3cc(N(c4cc(C)cc(C)c4)c4ccccc4C)ccc23)c2ccccc2C)c1. The van der Waals surface area contributed by atoms with Gasteiger partial charge >= 0.3 is 0 Å². The number of para-hydroxylation sites is 2. The molecule has 0 unspecified atom stereocenters. The van der Waals surface area contributed by atoms with Crippen molar-refractivity contribution in [3.63, 3.8) is 0 Å². The van der Waals surface area contributed by atoms with E-state index in [1.165, 1.54) is 111 Å². The Kier molecular flexibility index (Phi) is 8.54. The van der Waals surface area contributed by atoms with E-state index in [0.717, 1.165) is 11.4 Å². The highest BCUT2D eigenvalue weighted by Crippen LogP contribution is 2.56. The fraction of sp³-hybridized carbons (Fsp3) is 0.158. The molecule has 9 aromatic rings. The molecule has 0 saturated heterocycles. The largest absolute Gasteiger partial charge is 0.310 e. The first-order chi connectivity index (χ1) is 28.5. The van der Waals surface area contributed by atoms with E-state index in [2.05, 4.69) is 223 Å². The van der Waals surface area contributed by atoms with Gasteiger partial charge in [-0.15, -0.1) is 0 Å². The second kappa shape index (κ2) is 13.7. The molecule has 0 fully saturated rings. The van der Waals surface area contributed by atoms with Gasteiger partial charge in [0.2, 0.25) is 0 Å². The Balaban J connectivity index is 1.17. The van der Waals surface area contributed by atoms with Crippen LogP contribution in [-0.4, -0.2) is 0 Å². The Labute approximate surface area is 349 Å². The van der Waals surface area contributed by atoms with Gasteiger partial charge in [-0.05, 0) is 202 Å². The third kappa shape index (κ3) is 6.00. The molecule has 0 aromatic heterocycles. The van der Waals surface area contributed by atoms with Crippen molar-refractivity contribution in [2.24, 2.45) is 0 Å². The molecule has 0 amide bonds. The Morgan fingerprint density at radius 2 is 0.881 bits per heavy atom. The predicted molar refractivity (Wildman–Crippen MR) is 254 cm³/mol. The van der Waals surface area contributed by atoms with Gasteiger partial charge in [-0.3, -0.25) is 0 Å². The summed E-state index contributed by atoms with van der Waals surface area (Å²) < 4.78 is 0. The predicted octanol–water partition coefficient (Wildman–Crippen LogP) is 16.2. The molecule has 0 heterocycles. The van der Waals surface area contributed by atoms with Crippen LogP contribution in [0.2, 0.25) is 0 Å². The summed E-state index contributed by atoms with van der Waals surface area (Å²) in [5.41, 5.74) is 19.9. The number of hydrogen-bond acceptors (Lipinski definition) is 2. The Hall–Kier alpha value is -6.64. The van der Waals surface area contributed by atoms with E-state index < -0.39 is 0 Å². The minimum Gasteiger partial charge on any atom is -0.310 e. The fourth-order valence-electron chi connectivity index (χ4n) is 10.2. The zero-order valence-corrected chi connectivity index (χ0v) is 35.4. The van der Waals surface area contributed by atoms with Crippen molar-refractivity contribution in [3.8, 4) is 11.1 Å². The summed E-state index contributed by atoms with van der Waals surface area (Å²) in [6.45, 7) is 18.0. The monoisotopic (exact) mass is 762 g/mol. The first-order valence-electron chi connectivity index (χ1n) is 20.9. The first kappa shape index (κ1) is 36.7. The van der Waals surface area contributed by atoms with Gasteiger partial charge in [-0.1, -0.05) is 98.8 Å². The molecular formula is C57H50N2. The van der Waals surface area contributed by atoms with E-state index in [0.29, 0.717) is 0 Å². The zero-order valence-electron chi connectivity index (χ0n) is 35.4. The van der Waals surface area contributed by atoms with Gasteiger partial charge in [0.05, 0.1) is 0 Å². The van der Waals surface area contributed by atoms with Crippen molar-refractivity contribution in [1.82, 2.24) is 0 Å². The Morgan fingerprint density at radius 3 is 1.46 bits per heavy atom. The number of rotatable bonds is 6. The van der Waals surface area contributed by atoms with Crippen molar-refractivity contribution in [2.45, 2.75) is 60.8 Å². The molecule has 10 rings (SSSR count). The highest BCUT2D eigenvalue weighted by molar-refractivity contribution is 6.19. The van der Waals surface area contributed by atoms with Gasteiger partial charge in [0.15, 0.2) is 0 Å². The maximum absolute atomic E-state index is 2.49. The number of nitrogens with zero attached hydrogens (tertiary/aromatic N) is 2. The molecule has 59 heavy (non-hydrogen) atoms. The van der Waals surface area contributed by atoms with Crippen LogP contribution >= 0.6 is 0 Å². The molecule has 0 aliphatic heterocycles. The van der Waals surface area contributed by atoms with Gasteiger partial charge in [0.1, 0.15) is 0 Å². The molecule has 288 valence electrons. The van der Waals surface area contributed by atoms with E-state index >= 15 is 0 Å². The number of hydrogen-bond donors (Lipinski definition) is 0. The highest BCUT2D eigenvalue weighted by atomic mass is 15.1. The zero-order chi connectivity index (χ0) is 40.7. The molecule has 0 N–H and O–H groups in total. The van der Waals surface area contributed by atoms with Crippen LogP contribution in [0.25, 0.3) is 43.4 Å². The van der Waals surface area contributed by atoms with Crippen LogP contribution in [0.1, 0.15) is 58.4 Å². The normalized spacial score (nSPS) is 12.9. The Morgan fingerprint density at radius 1 is 0.373 bits per heavy atom. The summed E-state index contributed by atoms with van der Waals surface area (Å²) in [7, 11) is 0. The lowest BCUT2D eigenvalue weighted by molar-refractivity contribution is 0.667. The van der Waals surface area contributed by atoms with E-state index in [9.17, 15) is 0 Å². The second-order valence-electron chi connectivity index (χ2n) is 17.5. The van der Waals surface area contributed by atoms with Gasteiger partial charge in [-0.25, -0.2) is 0 Å². The molecule has 1 aliphatic carbocycles. The maximum atomic E-state index is 2.49. The summed E-state index contributed by atoms with van der Waals surface area (Å²) >= 11 is 0. The highest BCUT2D eigenvalue weighted by Gasteiger charge is 2.39. The first-order valence-corrected chi connectivity index (χ1v) is 20.9. The van der Waals surface area contributed by atoms with E-state index in [1.54, 1.807) is 0 Å². The van der Waals surface area contributed by atoms with E-state index in [-0.39, 0.29) is 5.41 Å². The summed E-state index contributed by atoms with van der Waals surface area (Å²) in [5.74, 6) is 0. The minimum atomic E-state index is -0.231. The standard InChI is InChI=1S/C57H50N2/c1-35-25-36(2)28-45(27-35)58(53-19-13-9-15-39(53)5)43-22-21-41-32-51-52(33-42(41)31-43)57(7,8)56-49-24-23-44(34-50(49)47-17-11-12-18-48(47)55(51)56)59(54-20-14-10-16-40(54)6)46-29-37(3)26-38(4)30-46/h9-34H,1-8H3. The van der Waals surface area contributed by atoms with Crippen LogP contribution in [-0.2, 0) is 5.41 Å². The topological polar surface area (TPSA) is 6.48 Å². The summed E-state index contributed by atoms with van der Waals surface area (Å²) in [6, 6.07) is 59.4. The van der Waals surface area contributed by atoms with Crippen molar-refractivity contribution >= 4 is 66.4 Å². The second-order valence-corrected chi connectivity index (χ2v) is 17.5. The van der Waals surface area contributed by atoms with Crippen LogP contribution < -0.4 is 9.80 Å². The van der Waals surface area contributed by atoms with Gasteiger partial charge in [-0.2, -0.15) is 0 Å². The molecule has 2 nitrogen and oxygen atoms in total. The van der Waals surface area contributed by atoms with Crippen LogP contribution in [0.15, 0.2) is 158 Å². The van der Waals surface area contributed by atoms with Crippen LogP contribution in [0, 0.1) is 41.5 Å². The number of benzene rings is 9. The Bertz CT molecular complexity index is 3120. The summed E-state index contributed by atoms with van der Waals surface area (Å²) in [5, 5.41) is 7.71. The third-order valence-corrected chi connectivity index (χ3v) is 12.7. The molecule has 2 heteroatoms. The third-order valence-electron chi connectivity index (χ3n) is 12.7. The molecule has 0 bridgehead atoms. The van der Waals surface area contributed by atoms with Crippen molar-refractivity contribution in [3.05, 3.63) is 202 Å². The average Bonchev–Trinajstić information content (AvgIpc) is 3.43. The van der Waals surface area contributed by atoms with Crippen LogP contribution in [0.5, 0.6) is 0 Å². The van der Waals surface area contributed by atoms with Crippen LogP contribution in [0.4, 0.5) is 34.1 Å². The molecule has 0 atom stereocenters. The summed E-state index contributed by atoms with van der Waals surface area (Å²) in [6.07, 6.45) is 0. The van der Waals surface area contributed by atoms with Crippen molar-refractivity contribution in [2.75, 3.05) is 9.80 Å². The van der Waals surface area contributed by atoms with Crippen LogP contribution in [0.3, 0.4) is 0 Å². The number of aryl methyl sites for hydroxylation is 6. The molecule has 0 radical (unpaired) electrons. The van der Waals surface area contributed by atoms with Gasteiger partial charge in [0, 0.05) is 39.5 Å². The molecular weight excluding hydrogens is 713 g/mol. The smallest absolute Gasteiger partial charge is 0.0490 e. The molecule has 0 saturated carbocycles. The number of anilines is 6. The van der Waals surface area contributed by atoms with E-state index in [4.69, 9.17) is 0 Å². The molecule has 9 aromatic carbocycles. The average molecular weight is 763 g/mol. The molecule has 1 aliphatic rings. The van der Waals surface area contributed by atoms with Gasteiger partial charge < -0.3 is 9.80 Å². The van der Waals surface area contributed by atoms with E-state index in [1.807, 2.05) is 0 Å². The maximum Gasteiger partial charge on any atom is 0.0490 e. The quantitative estimate of drug-likeness (QED) is 0.156. The molecule has 0 spiro atoms. The lowest BCUT2D eigenvalue weighted by Crippen LogP contribution is -2.16. The summed E-state index contributed by atoms with van der Waals surface area (Å²) in [4.78, 5) is 4.87. The lowest BCUT2D eigenvalue weighted by atomic mass is 9.79. The fourth-order valence-corrected chi connectivity index (χ4v) is 10.2. The lowest BCUT2D eigenvalue weighted by Gasteiger charge is -2.29. The van der Waals surface area contributed by atoms with Crippen molar-refractivity contribution < 1.29 is 0 Å².